The molecule has 5 nitrogen and oxygen atoms in total. The molecule has 0 saturated carbocycles. The third kappa shape index (κ3) is 3.93. The molecule has 0 aliphatic carbocycles. The number of aliphatic hydroxyl groups is 1. The summed E-state index contributed by atoms with van der Waals surface area (Å²) in [5, 5.41) is 11.8. The second-order valence-electron chi connectivity index (χ2n) is 5.39. The van der Waals surface area contributed by atoms with E-state index in [9.17, 15) is 4.79 Å². The topological polar surface area (TPSA) is 63.5 Å². The van der Waals surface area contributed by atoms with Crippen LogP contribution >= 0.6 is 0 Å². The minimum Gasteiger partial charge on any atom is -0.491 e. The Morgan fingerprint density at radius 2 is 2.04 bits per heavy atom. The maximum absolute atomic E-state index is 12.4. The van der Waals surface area contributed by atoms with Crippen LogP contribution < -0.4 is 10.1 Å². The van der Waals surface area contributed by atoms with Crippen LogP contribution in [0.2, 0.25) is 0 Å². The molecule has 1 heterocycles. The van der Waals surface area contributed by atoms with E-state index in [4.69, 9.17) is 9.84 Å². The Morgan fingerprint density at radius 1 is 1.30 bits per heavy atom. The molecule has 0 atom stereocenters. The lowest BCUT2D eigenvalue weighted by molar-refractivity contribution is 0.0949. The van der Waals surface area contributed by atoms with Gasteiger partial charge in [0.25, 0.3) is 5.91 Å². The molecular formula is C18H24N2O3. The number of rotatable bonds is 7. The van der Waals surface area contributed by atoms with Crippen molar-refractivity contribution in [3.63, 3.8) is 0 Å². The van der Waals surface area contributed by atoms with Crippen molar-refractivity contribution >= 4 is 5.91 Å². The van der Waals surface area contributed by atoms with Gasteiger partial charge in [0.05, 0.1) is 12.2 Å². The van der Waals surface area contributed by atoms with Gasteiger partial charge in [-0.05, 0) is 32.9 Å². The summed E-state index contributed by atoms with van der Waals surface area (Å²) in [5.41, 5.74) is 3.66. The standard InChI is InChI=1S/C18H24N2O3/c1-4-20-13(2)11-16(14(20)3)18(22)19-12-15-7-5-6-8-17(15)23-10-9-21/h5-8,11,21H,4,9-10,12H2,1-3H3,(H,19,22). The van der Waals surface area contributed by atoms with E-state index >= 15 is 0 Å². The Balaban J connectivity index is 2.08. The van der Waals surface area contributed by atoms with Gasteiger partial charge in [0, 0.05) is 30.0 Å². The quantitative estimate of drug-likeness (QED) is 0.824. The molecule has 23 heavy (non-hydrogen) atoms. The summed E-state index contributed by atoms with van der Waals surface area (Å²) in [7, 11) is 0. The number of ether oxygens (including phenoxy) is 1. The summed E-state index contributed by atoms with van der Waals surface area (Å²) < 4.78 is 7.60. The van der Waals surface area contributed by atoms with E-state index < -0.39 is 0 Å². The number of carbonyl (C=O) groups excluding carboxylic acids is 1. The van der Waals surface area contributed by atoms with Gasteiger partial charge in [-0.3, -0.25) is 4.79 Å². The van der Waals surface area contributed by atoms with E-state index in [2.05, 4.69) is 16.8 Å². The fourth-order valence-electron chi connectivity index (χ4n) is 2.73. The Morgan fingerprint density at radius 3 is 2.70 bits per heavy atom. The fourth-order valence-corrected chi connectivity index (χ4v) is 2.73. The minimum absolute atomic E-state index is 0.0380. The third-order valence-corrected chi connectivity index (χ3v) is 3.90. The zero-order chi connectivity index (χ0) is 16.8. The molecule has 2 rings (SSSR count). The lowest BCUT2D eigenvalue weighted by Gasteiger charge is -2.11. The minimum atomic E-state index is -0.0882. The van der Waals surface area contributed by atoms with Gasteiger partial charge >= 0.3 is 0 Å². The smallest absolute Gasteiger partial charge is 0.253 e. The van der Waals surface area contributed by atoms with Crippen LogP contribution in [0.25, 0.3) is 0 Å². The first-order valence-corrected chi connectivity index (χ1v) is 7.85. The van der Waals surface area contributed by atoms with Gasteiger partial charge in [-0.25, -0.2) is 0 Å². The Labute approximate surface area is 136 Å². The van der Waals surface area contributed by atoms with Crippen molar-refractivity contribution in [2.45, 2.75) is 33.9 Å². The molecule has 1 aromatic carbocycles. The van der Waals surface area contributed by atoms with E-state index in [1.165, 1.54) is 0 Å². The zero-order valence-corrected chi connectivity index (χ0v) is 13.9. The van der Waals surface area contributed by atoms with Crippen LogP contribution in [0, 0.1) is 13.8 Å². The number of para-hydroxylation sites is 1. The first-order valence-electron chi connectivity index (χ1n) is 7.85. The fraction of sp³-hybridized carbons (Fsp3) is 0.389. The number of nitrogens with one attached hydrogen (secondary N) is 1. The maximum atomic E-state index is 12.4. The van der Waals surface area contributed by atoms with Crippen molar-refractivity contribution in [3.05, 3.63) is 52.8 Å². The van der Waals surface area contributed by atoms with Crippen molar-refractivity contribution < 1.29 is 14.6 Å². The Hall–Kier alpha value is -2.27. The van der Waals surface area contributed by atoms with Gasteiger partial charge in [-0.2, -0.15) is 0 Å². The maximum Gasteiger partial charge on any atom is 0.253 e. The molecule has 0 saturated heterocycles. The van der Waals surface area contributed by atoms with Crippen molar-refractivity contribution in [1.82, 2.24) is 9.88 Å². The number of aryl methyl sites for hydroxylation is 1. The van der Waals surface area contributed by atoms with E-state index in [1.807, 2.05) is 44.2 Å². The van der Waals surface area contributed by atoms with Gasteiger partial charge in [0.2, 0.25) is 0 Å². The van der Waals surface area contributed by atoms with Crippen LogP contribution in [0.5, 0.6) is 5.75 Å². The van der Waals surface area contributed by atoms with E-state index in [0.717, 1.165) is 23.5 Å². The van der Waals surface area contributed by atoms with Crippen LogP contribution in [-0.2, 0) is 13.1 Å². The second-order valence-corrected chi connectivity index (χ2v) is 5.39. The number of benzene rings is 1. The van der Waals surface area contributed by atoms with Gasteiger partial charge in [0.15, 0.2) is 0 Å². The van der Waals surface area contributed by atoms with E-state index in [1.54, 1.807) is 0 Å². The SMILES string of the molecule is CCn1c(C)cc(C(=O)NCc2ccccc2OCCO)c1C. The molecule has 0 bridgehead atoms. The lowest BCUT2D eigenvalue weighted by atomic mass is 10.2. The molecule has 0 radical (unpaired) electrons. The average molecular weight is 316 g/mol. The molecule has 0 aliphatic heterocycles. The number of hydrogen-bond acceptors (Lipinski definition) is 3. The molecule has 1 aromatic heterocycles. The van der Waals surface area contributed by atoms with Crippen molar-refractivity contribution in [3.8, 4) is 5.75 Å². The number of hydrogen-bond donors (Lipinski definition) is 2. The largest absolute Gasteiger partial charge is 0.491 e. The highest BCUT2D eigenvalue weighted by Gasteiger charge is 2.15. The van der Waals surface area contributed by atoms with Crippen molar-refractivity contribution in [2.24, 2.45) is 0 Å². The highest BCUT2D eigenvalue weighted by atomic mass is 16.5. The predicted octanol–water partition coefficient (Wildman–Crippen LogP) is 2.43. The zero-order valence-electron chi connectivity index (χ0n) is 13.9. The van der Waals surface area contributed by atoms with Crippen LogP contribution in [0.4, 0.5) is 0 Å². The molecule has 124 valence electrons. The summed E-state index contributed by atoms with van der Waals surface area (Å²) in [6.45, 7) is 7.47. The molecule has 1 amide bonds. The summed E-state index contributed by atoms with van der Waals surface area (Å²) >= 11 is 0. The Kier molecular flexibility index (Phi) is 5.82. The number of aromatic nitrogens is 1. The number of amides is 1. The van der Waals surface area contributed by atoms with Crippen molar-refractivity contribution in [1.29, 1.82) is 0 Å². The first-order chi connectivity index (χ1) is 11.1. The molecule has 5 heteroatoms. The van der Waals surface area contributed by atoms with Gasteiger partial charge in [-0.15, -0.1) is 0 Å². The van der Waals surface area contributed by atoms with E-state index in [-0.39, 0.29) is 19.1 Å². The lowest BCUT2D eigenvalue weighted by Crippen LogP contribution is -2.23. The average Bonchev–Trinajstić information content (AvgIpc) is 2.85. The predicted molar refractivity (Wildman–Crippen MR) is 89.8 cm³/mol. The third-order valence-electron chi connectivity index (χ3n) is 3.90. The van der Waals surface area contributed by atoms with Crippen LogP contribution in [0.15, 0.2) is 30.3 Å². The molecule has 2 N–H and O–H groups in total. The molecule has 0 unspecified atom stereocenters. The summed E-state index contributed by atoms with van der Waals surface area (Å²) in [6.07, 6.45) is 0. The number of aliphatic hydroxyl groups excluding tert-OH is 1. The van der Waals surface area contributed by atoms with Gasteiger partial charge < -0.3 is 19.7 Å². The highest BCUT2D eigenvalue weighted by molar-refractivity contribution is 5.95. The van der Waals surface area contributed by atoms with E-state index in [0.29, 0.717) is 17.9 Å². The Bertz CT molecular complexity index is 677. The second kappa shape index (κ2) is 7.83. The van der Waals surface area contributed by atoms with Crippen LogP contribution in [0.1, 0.15) is 34.2 Å². The van der Waals surface area contributed by atoms with Crippen LogP contribution in [0.3, 0.4) is 0 Å². The number of nitrogens with zero attached hydrogens (tertiary/aromatic N) is 1. The molecule has 0 aliphatic rings. The molecule has 0 fully saturated rings. The molecule has 2 aromatic rings. The monoisotopic (exact) mass is 316 g/mol. The number of carbonyl (C=O) groups is 1. The van der Waals surface area contributed by atoms with Gasteiger partial charge in [-0.1, -0.05) is 18.2 Å². The van der Waals surface area contributed by atoms with Crippen LogP contribution in [-0.4, -0.2) is 28.8 Å². The highest BCUT2D eigenvalue weighted by Crippen LogP contribution is 2.19. The molecular weight excluding hydrogens is 292 g/mol. The van der Waals surface area contributed by atoms with Gasteiger partial charge in [0.1, 0.15) is 12.4 Å². The van der Waals surface area contributed by atoms with Crippen molar-refractivity contribution in [2.75, 3.05) is 13.2 Å². The summed E-state index contributed by atoms with van der Waals surface area (Å²) in [6, 6.07) is 9.42. The first kappa shape index (κ1) is 17.1. The molecule has 0 spiro atoms. The summed E-state index contributed by atoms with van der Waals surface area (Å²) in [5.74, 6) is 0.593. The summed E-state index contributed by atoms with van der Waals surface area (Å²) in [4.78, 5) is 12.4. The normalized spacial score (nSPS) is 10.6.